The number of aryl methyl sites for hydroxylation is 1. The van der Waals surface area contributed by atoms with Crippen LogP contribution in [0.1, 0.15) is 36.0 Å². The highest BCUT2D eigenvalue weighted by atomic mass is 32.2. The minimum atomic E-state index is -3.38. The SMILES string of the molecule is CCC1COC(=S)Nc2ccc(CS(=O)(=O)c3ccc(C)cc3)cc21. The van der Waals surface area contributed by atoms with Crippen molar-refractivity contribution in [3.05, 3.63) is 59.2 Å². The normalized spacial score (nSPS) is 17.2. The lowest BCUT2D eigenvalue weighted by molar-refractivity contribution is 0.283. The van der Waals surface area contributed by atoms with Gasteiger partial charge in [-0.15, -0.1) is 0 Å². The zero-order valence-electron chi connectivity index (χ0n) is 14.3. The van der Waals surface area contributed by atoms with E-state index in [0.29, 0.717) is 16.7 Å². The molecule has 0 radical (unpaired) electrons. The van der Waals surface area contributed by atoms with Crippen molar-refractivity contribution in [3.8, 4) is 0 Å². The molecular weight excluding hydrogens is 354 g/mol. The Morgan fingerprint density at radius 3 is 2.60 bits per heavy atom. The molecule has 1 unspecified atom stereocenters. The molecular formula is C19H21NO3S2. The van der Waals surface area contributed by atoms with E-state index in [1.165, 1.54) is 0 Å². The summed E-state index contributed by atoms with van der Waals surface area (Å²) in [5, 5.41) is 3.43. The van der Waals surface area contributed by atoms with Gasteiger partial charge in [-0.3, -0.25) is 0 Å². The first-order chi connectivity index (χ1) is 11.9. The van der Waals surface area contributed by atoms with Gasteiger partial charge in [0.25, 0.3) is 5.17 Å². The van der Waals surface area contributed by atoms with Crippen molar-refractivity contribution in [2.24, 2.45) is 0 Å². The lowest BCUT2D eigenvalue weighted by atomic mass is 9.94. The molecule has 1 atom stereocenters. The van der Waals surface area contributed by atoms with Crippen LogP contribution in [-0.2, 0) is 20.3 Å². The Hall–Kier alpha value is -1.92. The van der Waals surface area contributed by atoms with Gasteiger partial charge in [-0.2, -0.15) is 0 Å². The quantitative estimate of drug-likeness (QED) is 0.812. The van der Waals surface area contributed by atoms with E-state index in [9.17, 15) is 8.42 Å². The maximum absolute atomic E-state index is 12.7. The fourth-order valence-electron chi connectivity index (χ4n) is 2.95. The number of ether oxygens (including phenoxy) is 1. The molecule has 0 saturated carbocycles. The zero-order valence-corrected chi connectivity index (χ0v) is 15.9. The largest absolute Gasteiger partial charge is 0.470 e. The molecule has 132 valence electrons. The third-order valence-electron chi connectivity index (χ3n) is 4.44. The molecule has 1 heterocycles. The van der Waals surface area contributed by atoms with Crippen LogP contribution in [0.4, 0.5) is 5.69 Å². The summed E-state index contributed by atoms with van der Waals surface area (Å²) in [5.41, 5.74) is 3.76. The monoisotopic (exact) mass is 375 g/mol. The van der Waals surface area contributed by atoms with Gasteiger partial charge in [-0.25, -0.2) is 8.42 Å². The fourth-order valence-corrected chi connectivity index (χ4v) is 4.47. The number of hydrogen-bond acceptors (Lipinski definition) is 4. The standard InChI is InChI=1S/C19H21NO3S2/c1-3-15-11-23-19(24)20-18-9-6-14(10-17(15)18)12-25(21,22)16-7-4-13(2)5-8-16/h4-10,15H,3,11-12H2,1-2H3,(H,20,24). The second-order valence-corrected chi connectivity index (χ2v) is 8.68. The van der Waals surface area contributed by atoms with Crippen LogP contribution in [0.15, 0.2) is 47.4 Å². The van der Waals surface area contributed by atoms with Gasteiger partial charge in [0, 0.05) is 11.6 Å². The fraction of sp³-hybridized carbons (Fsp3) is 0.316. The van der Waals surface area contributed by atoms with Crippen LogP contribution in [-0.4, -0.2) is 20.2 Å². The van der Waals surface area contributed by atoms with E-state index in [4.69, 9.17) is 17.0 Å². The van der Waals surface area contributed by atoms with Crippen LogP contribution in [0.5, 0.6) is 0 Å². The Kier molecular flexibility index (Phi) is 5.11. The Morgan fingerprint density at radius 2 is 1.92 bits per heavy atom. The van der Waals surface area contributed by atoms with Gasteiger partial charge >= 0.3 is 0 Å². The van der Waals surface area contributed by atoms with Crippen molar-refractivity contribution in [1.82, 2.24) is 0 Å². The van der Waals surface area contributed by atoms with E-state index >= 15 is 0 Å². The lowest BCUT2D eigenvalue weighted by Gasteiger charge is -2.15. The maximum Gasteiger partial charge on any atom is 0.261 e. The van der Waals surface area contributed by atoms with Crippen molar-refractivity contribution in [1.29, 1.82) is 0 Å². The Bertz CT molecular complexity index is 889. The lowest BCUT2D eigenvalue weighted by Crippen LogP contribution is -2.11. The molecule has 0 fully saturated rings. The van der Waals surface area contributed by atoms with Gasteiger partial charge in [-0.1, -0.05) is 36.8 Å². The summed E-state index contributed by atoms with van der Waals surface area (Å²) in [6.07, 6.45) is 0.894. The summed E-state index contributed by atoms with van der Waals surface area (Å²) in [6.45, 7) is 4.53. The van der Waals surface area contributed by atoms with Crippen LogP contribution >= 0.6 is 12.2 Å². The summed E-state index contributed by atoms with van der Waals surface area (Å²) in [6, 6.07) is 12.6. The molecule has 1 aliphatic heterocycles. The summed E-state index contributed by atoms with van der Waals surface area (Å²) in [5.74, 6) is 0.162. The topological polar surface area (TPSA) is 55.4 Å². The van der Waals surface area contributed by atoms with E-state index in [2.05, 4.69) is 12.2 Å². The van der Waals surface area contributed by atoms with Crippen molar-refractivity contribution >= 4 is 32.9 Å². The van der Waals surface area contributed by atoms with Crippen molar-refractivity contribution < 1.29 is 13.2 Å². The smallest absolute Gasteiger partial charge is 0.261 e. The number of rotatable bonds is 4. The second kappa shape index (κ2) is 7.14. The molecule has 2 aromatic carbocycles. The molecule has 6 heteroatoms. The summed E-state index contributed by atoms with van der Waals surface area (Å²) >= 11 is 5.14. The first-order valence-electron chi connectivity index (χ1n) is 8.25. The van der Waals surface area contributed by atoms with Crippen molar-refractivity contribution in [2.45, 2.75) is 36.8 Å². The van der Waals surface area contributed by atoms with E-state index in [1.54, 1.807) is 12.1 Å². The minimum Gasteiger partial charge on any atom is -0.470 e. The van der Waals surface area contributed by atoms with Crippen molar-refractivity contribution in [3.63, 3.8) is 0 Å². The van der Waals surface area contributed by atoms with Crippen LogP contribution in [0.3, 0.4) is 0 Å². The van der Waals surface area contributed by atoms with Gasteiger partial charge in [0.1, 0.15) is 0 Å². The number of thiocarbonyl (C=S) groups is 1. The van der Waals surface area contributed by atoms with E-state index < -0.39 is 9.84 Å². The molecule has 1 N–H and O–H groups in total. The van der Waals surface area contributed by atoms with E-state index in [1.807, 2.05) is 37.3 Å². The summed E-state index contributed by atoms with van der Waals surface area (Å²) < 4.78 is 30.9. The molecule has 0 aliphatic carbocycles. The Labute approximate surface area is 154 Å². The molecule has 0 spiro atoms. The predicted octanol–water partition coefficient (Wildman–Crippen LogP) is 4.19. The predicted molar refractivity (Wildman–Crippen MR) is 104 cm³/mol. The average Bonchev–Trinajstić information content (AvgIpc) is 2.73. The molecule has 0 saturated heterocycles. The number of fused-ring (bicyclic) bond motifs is 1. The van der Waals surface area contributed by atoms with Crippen molar-refractivity contribution in [2.75, 3.05) is 11.9 Å². The Morgan fingerprint density at radius 1 is 1.20 bits per heavy atom. The molecule has 0 amide bonds. The molecule has 0 bridgehead atoms. The maximum atomic E-state index is 12.7. The number of nitrogens with one attached hydrogen (secondary N) is 1. The second-order valence-electron chi connectivity index (χ2n) is 6.32. The molecule has 1 aliphatic rings. The summed E-state index contributed by atoms with van der Waals surface area (Å²) in [7, 11) is -3.38. The van der Waals surface area contributed by atoms with Gasteiger partial charge < -0.3 is 10.1 Å². The number of benzene rings is 2. The highest BCUT2D eigenvalue weighted by Crippen LogP contribution is 2.32. The molecule has 25 heavy (non-hydrogen) atoms. The molecule has 4 nitrogen and oxygen atoms in total. The van der Waals surface area contributed by atoms with Crippen LogP contribution in [0.2, 0.25) is 0 Å². The number of sulfone groups is 1. The van der Waals surface area contributed by atoms with Gasteiger partial charge in [-0.05, 0) is 54.9 Å². The molecule has 3 rings (SSSR count). The van der Waals surface area contributed by atoms with Crippen LogP contribution < -0.4 is 5.32 Å². The summed E-state index contributed by atoms with van der Waals surface area (Å²) in [4.78, 5) is 0.350. The average molecular weight is 376 g/mol. The third kappa shape index (κ3) is 4.02. The van der Waals surface area contributed by atoms with Gasteiger partial charge in [0.15, 0.2) is 9.84 Å². The van der Waals surface area contributed by atoms with E-state index in [-0.39, 0.29) is 11.7 Å². The highest BCUT2D eigenvalue weighted by Gasteiger charge is 2.22. The zero-order chi connectivity index (χ0) is 18.0. The first kappa shape index (κ1) is 17.9. The van der Waals surface area contributed by atoms with E-state index in [0.717, 1.165) is 28.8 Å². The number of anilines is 1. The van der Waals surface area contributed by atoms with Crippen LogP contribution in [0, 0.1) is 6.92 Å². The Balaban J connectivity index is 1.92. The minimum absolute atomic E-state index is 0.0227. The van der Waals surface area contributed by atoms with Crippen LogP contribution in [0.25, 0.3) is 0 Å². The number of hydrogen-bond donors (Lipinski definition) is 1. The van der Waals surface area contributed by atoms with Gasteiger partial charge in [0.2, 0.25) is 0 Å². The van der Waals surface area contributed by atoms with Gasteiger partial charge in [0.05, 0.1) is 17.3 Å². The first-order valence-corrected chi connectivity index (χ1v) is 10.3. The molecule has 0 aromatic heterocycles. The highest BCUT2D eigenvalue weighted by molar-refractivity contribution is 7.90. The third-order valence-corrected chi connectivity index (χ3v) is 6.36. The molecule has 2 aromatic rings.